The van der Waals surface area contributed by atoms with Gasteiger partial charge in [-0.15, -0.1) is 0 Å². The summed E-state index contributed by atoms with van der Waals surface area (Å²) >= 11 is 0. The number of hydrogen-bond donors (Lipinski definition) is 0. The van der Waals surface area contributed by atoms with Crippen LogP contribution in [-0.4, -0.2) is 60.4 Å². The highest BCUT2D eigenvalue weighted by Crippen LogP contribution is 2.19. The molecule has 2 aromatic rings. The number of imidazole rings is 1. The second kappa shape index (κ2) is 8.28. The molecular weight excluding hydrogens is 352 g/mol. The predicted octanol–water partition coefficient (Wildman–Crippen LogP) is 1.54. The highest BCUT2D eigenvalue weighted by atomic mass is 32.2. The van der Waals surface area contributed by atoms with E-state index in [1.165, 1.54) is 6.26 Å². The molecule has 8 heteroatoms. The number of aromatic nitrogens is 3. The molecule has 2 aromatic heterocycles. The number of rotatable bonds is 8. The summed E-state index contributed by atoms with van der Waals surface area (Å²) in [4.78, 5) is 10.7. The van der Waals surface area contributed by atoms with Gasteiger partial charge in [0.05, 0.1) is 24.5 Å². The van der Waals surface area contributed by atoms with Crippen LogP contribution in [0.4, 0.5) is 0 Å². The molecule has 1 saturated heterocycles. The molecule has 0 aromatic carbocycles. The van der Waals surface area contributed by atoms with Crippen LogP contribution in [-0.2, 0) is 34.1 Å². The summed E-state index contributed by atoms with van der Waals surface area (Å²) in [6, 6.07) is 5.90. The van der Waals surface area contributed by atoms with Crippen molar-refractivity contribution in [2.24, 2.45) is 0 Å². The maximum Gasteiger partial charge on any atom is 0.227 e. The van der Waals surface area contributed by atoms with Crippen LogP contribution in [0.1, 0.15) is 24.2 Å². The van der Waals surface area contributed by atoms with Gasteiger partial charge < -0.3 is 14.2 Å². The average molecular weight is 378 g/mol. The Balaban J connectivity index is 1.70. The highest BCUT2D eigenvalue weighted by Gasteiger charge is 2.24. The van der Waals surface area contributed by atoms with Crippen molar-refractivity contribution in [2.45, 2.75) is 43.6 Å². The predicted molar refractivity (Wildman–Crippen MR) is 98.6 cm³/mol. The number of pyridine rings is 1. The fraction of sp³-hybridized carbons (Fsp3) is 0.556. The Kier molecular flexibility index (Phi) is 6.05. The summed E-state index contributed by atoms with van der Waals surface area (Å²) in [6.45, 7) is 2.73. The third-order valence-electron chi connectivity index (χ3n) is 4.55. The van der Waals surface area contributed by atoms with Crippen LogP contribution in [0.15, 0.2) is 35.7 Å². The van der Waals surface area contributed by atoms with Crippen LogP contribution in [0.3, 0.4) is 0 Å². The minimum atomic E-state index is -3.38. The van der Waals surface area contributed by atoms with Gasteiger partial charge in [-0.1, -0.05) is 6.07 Å². The van der Waals surface area contributed by atoms with E-state index in [0.717, 1.165) is 43.8 Å². The third-order valence-corrected chi connectivity index (χ3v) is 5.54. The summed E-state index contributed by atoms with van der Waals surface area (Å²) in [5.41, 5.74) is 1.94. The smallest absolute Gasteiger partial charge is 0.227 e. The molecule has 0 amide bonds. The van der Waals surface area contributed by atoms with E-state index in [-0.39, 0.29) is 11.3 Å². The molecule has 1 atom stereocenters. The van der Waals surface area contributed by atoms with Gasteiger partial charge in [0.2, 0.25) is 15.0 Å². The zero-order valence-electron chi connectivity index (χ0n) is 15.3. The Hall–Kier alpha value is -1.77. The normalized spacial score (nSPS) is 17.9. The molecule has 0 saturated carbocycles. The minimum absolute atomic E-state index is 0.0577. The van der Waals surface area contributed by atoms with E-state index in [1.807, 2.05) is 29.8 Å². The molecule has 0 spiro atoms. The molecule has 0 radical (unpaired) electrons. The molecule has 7 nitrogen and oxygen atoms in total. The largest absolute Gasteiger partial charge is 0.376 e. The van der Waals surface area contributed by atoms with E-state index in [4.69, 9.17) is 4.74 Å². The number of likely N-dealkylation sites (N-methyl/N-ethyl adjacent to an activating group) is 1. The monoisotopic (exact) mass is 378 g/mol. The van der Waals surface area contributed by atoms with Gasteiger partial charge in [0, 0.05) is 44.3 Å². The van der Waals surface area contributed by atoms with Crippen LogP contribution >= 0.6 is 0 Å². The molecule has 0 unspecified atom stereocenters. The molecule has 1 aliphatic heterocycles. The quantitative estimate of drug-likeness (QED) is 0.693. The van der Waals surface area contributed by atoms with Crippen molar-refractivity contribution >= 4 is 9.84 Å². The second-order valence-electron chi connectivity index (χ2n) is 6.86. The summed E-state index contributed by atoms with van der Waals surface area (Å²) < 4.78 is 31.7. The van der Waals surface area contributed by atoms with Gasteiger partial charge in [-0.05, 0) is 32.0 Å². The standard InChI is InChI=1S/C18H26N4O3S/c1-21(10-8-15-6-3-4-9-19-15)13-16-12-20-18(26(2,23)24)22(16)14-17-7-5-11-25-17/h3-4,6,9,12,17H,5,7-8,10-11,13-14H2,1-2H3/t17-/m1/s1. The number of hydrogen-bond acceptors (Lipinski definition) is 6. The average Bonchev–Trinajstić information content (AvgIpc) is 3.24. The van der Waals surface area contributed by atoms with Crippen LogP contribution in [0.25, 0.3) is 0 Å². The van der Waals surface area contributed by atoms with Crippen molar-refractivity contribution in [3.8, 4) is 0 Å². The van der Waals surface area contributed by atoms with Crippen LogP contribution in [0.5, 0.6) is 0 Å². The van der Waals surface area contributed by atoms with Gasteiger partial charge in [-0.25, -0.2) is 13.4 Å². The number of sulfone groups is 1. The SMILES string of the molecule is CN(CCc1ccccn1)Cc1cnc(S(C)(=O)=O)n1C[C@H]1CCCO1. The summed E-state index contributed by atoms with van der Waals surface area (Å²) in [7, 11) is -1.36. The van der Waals surface area contributed by atoms with E-state index < -0.39 is 9.84 Å². The van der Waals surface area contributed by atoms with Gasteiger partial charge in [-0.3, -0.25) is 4.98 Å². The van der Waals surface area contributed by atoms with E-state index in [0.29, 0.717) is 13.1 Å². The topological polar surface area (TPSA) is 77.3 Å². The molecule has 3 heterocycles. The van der Waals surface area contributed by atoms with Crippen LogP contribution in [0, 0.1) is 0 Å². The van der Waals surface area contributed by atoms with Gasteiger partial charge in [0.1, 0.15) is 0 Å². The Labute approximate surface area is 154 Å². The van der Waals surface area contributed by atoms with E-state index in [1.54, 1.807) is 12.4 Å². The van der Waals surface area contributed by atoms with E-state index >= 15 is 0 Å². The van der Waals surface area contributed by atoms with Gasteiger partial charge in [0.25, 0.3) is 0 Å². The van der Waals surface area contributed by atoms with Crippen LogP contribution in [0.2, 0.25) is 0 Å². The third kappa shape index (κ3) is 4.90. The molecule has 0 aliphatic carbocycles. The molecule has 3 rings (SSSR count). The van der Waals surface area contributed by atoms with Crippen molar-refractivity contribution in [1.29, 1.82) is 0 Å². The molecule has 1 fully saturated rings. The summed E-state index contributed by atoms with van der Waals surface area (Å²) in [5.74, 6) is 0. The van der Waals surface area contributed by atoms with Crippen LogP contribution < -0.4 is 0 Å². The first-order valence-corrected chi connectivity index (χ1v) is 10.8. The highest BCUT2D eigenvalue weighted by molar-refractivity contribution is 7.90. The molecule has 142 valence electrons. The number of ether oxygens (including phenoxy) is 1. The van der Waals surface area contributed by atoms with Crippen molar-refractivity contribution in [3.05, 3.63) is 42.0 Å². The molecule has 0 N–H and O–H groups in total. The second-order valence-corrected chi connectivity index (χ2v) is 8.77. The van der Waals surface area contributed by atoms with Crippen molar-refractivity contribution in [2.75, 3.05) is 26.5 Å². The van der Waals surface area contributed by atoms with Crippen molar-refractivity contribution < 1.29 is 13.2 Å². The van der Waals surface area contributed by atoms with Gasteiger partial charge in [0.15, 0.2) is 0 Å². The zero-order valence-corrected chi connectivity index (χ0v) is 16.2. The lowest BCUT2D eigenvalue weighted by atomic mass is 10.2. The molecule has 0 bridgehead atoms. The Morgan fingerprint density at radius 1 is 1.35 bits per heavy atom. The first-order valence-electron chi connectivity index (χ1n) is 8.88. The summed E-state index contributed by atoms with van der Waals surface area (Å²) in [5, 5.41) is 0.126. The van der Waals surface area contributed by atoms with Crippen molar-refractivity contribution in [1.82, 2.24) is 19.4 Å². The fourth-order valence-electron chi connectivity index (χ4n) is 3.21. The zero-order chi connectivity index (χ0) is 18.6. The summed E-state index contributed by atoms with van der Waals surface area (Å²) in [6.07, 6.45) is 7.55. The number of nitrogens with zero attached hydrogens (tertiary/aromatic N) is 4. The molecule has 26 heavy (non-hydrogen) atoms. The molecule has 1 aliphatic rings. The lowest BCUT2D eigenvalue weighted by Crippen LogP contribution is -2.25. The minimum Gasteiger partial charge on any atom is -0.376 e. The maximum absolute atomic E-state index is 12.1. The lowest BCUT2D eigenvalue weighted by Gasteiger charge is -2.20. The lowest BCUT2D eigenvalue weighted by molar-refractivity contribution is 0.0935. The maximum atomic E-state index is 12.1. The molecular formula is C18H26N4O3S. The Bertz CT molecular complexity index is 814. The van der Waals surface area contributed by atoms with Crippen molar-refractivity contribution in [3.63, 3.8) is 0 Å². The van der Waals surface area contributed by atoms with Gasteiger partial charge >= 0.3 is 0 Å². The van der Waals surface area contributed by atoms with E-state index in [9.17, 15) is 8.42 Å². The first-order chi connectivity index (χ1) is 12.4. The van der Waals surface area contributed by atoms with E-state index in [2.05, 4.69) is 14.9 Å². The Morgan fingerprint density at radius 3 is 2.85 bits per heavy atom. The van der Waals surface area contributed by atoms with Gasteiger partial charge in [-0.2, -0.15) is 0 Å². The first kappa shape index (κ1) is 19.0. The Morgan fingerprint density at radius 2 is 2.19 bits per heavy atom. The fourth-order valence-corrected chi connectivity index (χ4v) is 4.04.